The standard InChI is InChI=1S/C23H29N3OSi/c1-28(2)22-15-25-21-7-6-19(13-20(21)22)23(27)26-10-8-17(9-11-26)18-5-3-4-16(12-18)14-24/h3-7,12-13,17,22H,8-11,14-15,24H2,1-2H3/p+1. The van der Waals surface area contributed by atoms with Gasteiger partial charge >= 0.3 is 8.80 Å². The molecule has 1 amide bonds. The SMILES string of the molecule is C[Si+](C)C1CNc2ccc(C(=O)N3CCC(c4cccc(CN)c4)CC3)cc21. The summed E-state index contributed by atoms with van der Waals surface area (Å²) in [5.74, 6) is 0.707. The van der Waals surface area contributed by atoms with Gasteiger partial charge in [0.1, 0.15) is 5.54 Å². The molecule has 1 fully saturated rings. The van der Waals surface area contributed by atoms with E-state index in [0.29, 0.717) is 18.0 Å². The van der Waals surface area contributed by atoms with Gasteiger partial charge in [-0.1, -0.05) is 24.3 Å². The van der Waals surface area contributed by atoms with Crippen LogP contribution in [0.2, 0.25) is 13.1 Å². The van der Waals surface area contributed by atoms with Gasteiger partial charge in [0, 0.05) is 43.0 Å². The van der Waals surface area contributed by atoms with Crippen molar-refractivity contribution in [3.63, 3.8) is 0 Å². The first-order valence-corrected chi connectivity index (χ1v) is 12.9. The van der Waals surface area contributed by atoms with E-state index in [4.69, 9.17) is 5.73 Å². The molecule has 5 heteroatoms. The van der Waals surface area contributed by atoms with Gasteiger partial charge in [-0.15, -0.1) is 0 Å². The molecule has 0 aromatic heterocycles. The Morgan fingerprint density at radius 1 is 1.18 bits per heavy atom. The fourth-order valence-electron chi connectivity index (χ4n) is 4.55. The molecule has 1 atom stereocenters. The van der Waals surface area contributed by atoms with Crippen molar-refractivity contribution < 1.29 is 4.79 Å². The van der Waals surface area contributed by atoms with Gasteiger partial charge in [0.15, 0.2) is 0 Å². The van der Waals surface area contributed by atoms with Crippen LogP contribution in [0.15, 0.2) is 42.5 Å². The monoisotopic (exact) mass is 392 g/mol. The molecule has 146 valence electrons. The number of hydrogen-bond acceptors (Lipinski definition) is 3. The van der Waals surface area contributed by atoms with Crippen LogP contribution in [-0.4, -0.2) is 39.2 Å². The van der Waals surface area contributed by atoms with Crippen molar-refractivity contribution in [2.75, 3.05) is 25.0 Å². The number of rotatable bonds is 4. The normalized spacial score (nSPS) is 19.2. The maximum atomic E-state index is 13.1. The summed E-state index contributed by atoms with van der Waals surface area (Å²) in [6.07, 6.45) is 2.04. The van der Waals surface area contributed by atoms with Crippen molar-refractivity contribution in [3.05, 3.63) is 64.7 Å². The molecule has 2 heterocycles. The number of benzene rings is 2. The second-order valence-electron chi connectivity index (χ2n) is 8.33. The number of amides is 1. The predicted molar refractivity (Wildman–Crippen MR) is 117 cm³/mol. The molecule has 2 aromatic carbocycles. The van der Waals surface area contributed by atoms with E-state index in [-0.39, 0.29) is 5.91 Å². The summed E-state index contributed by atoms with van der Waals surface area (Å²) in [4.78, 5) is 15.2. The number of likely N-dealkylation sites (tertiary alicyclic amines) is 1. The molecule has 0 aliphatic carbocycles. The van der Waals surface area contributed by atoms with Crippen molar-refractivity contribution in [3.8, 4) is 0 Å². The van der Waals surface area contributed by atoms with Crippen LogP contribution in [0, 0.1) is 0 Å². The van der Waals surface area contributed by atoms with E-state index in [1.165, 1.54) is 22.4 Å². The molecule has 2 aliphatic heterocycles. The van der Waals surface area contributed by atoms with Gasteiger partial charge in [-0.25, -0.2) is 0 Å². The Bertz CT molecular complexity index is 859. The Morgan fingerprint density at radius 3 is 2.68 bits per heavy atom. The van der Waals surface area contributed by atoms with E-state index in [1.807, 2.05) is 11.0 Å². The minimum Gasteiger partial charge on any atom is -0.381 e. The summed E-state index contributed by atoms with van der Waals surface area (Å²) in [6.45, 7) is 7.95. The Kier molecular flexibility index (Phi) is 5.55. The van der Waals surface area contributed by atoms with Crippen LogP contribution < -0.4 is 11.1 Å². The minimum atomic E-state index is -0.430. The highest BCUT2D eigenvalue weighted by Crippen LogP contribution is 2.35. The van der Waals surface area contributed by atoms with E-state index in [9.17, 15) is 4.79 Å². The van der Waals surface area contributed by atoms with E-state index in [0.717, 1.165) is 38.0 Å². The van der Waals surface area contributed by atoms with Crippen LogP contribution in [0.5, 0.6) is 0 Å². The smallest absolute Gasteiger partial charge is 0.317 e. The van der Waals surface area contributed by atoms with Crippen LogP contribution in [-0.2, 0) is 6.54 Å². The molecule has 4 nitrogen and oxygen atoms in total. The maximum Gasteiger partial charge on any atom is 0.317 e. The number of nitrogens with two attached hydrogens (primary N) is 1. The van der Waals surface area contributed by atoms with Gasteiger partial charge < -0.3 is 16.0 Å². The van der Waals surface area contributed by atoms with Gasteiger partial charge in [0.05, 0.1) is 13.1 Å². The van der Waals surface area contributed by atoms with Gasteiger partial charge in [0.2, 0.25) is 0 Å². The molecular formula is C23H30N3OSi+. The third-order valence-electron chi connectivity index (χ3n) is 6.31. The molecule has 0 bridgehead atoms. The lowest BCUT2D eigenvalue weighted by molar-refractivity contribution is 0.0713. The number of anilines is 1. The van der Waals surface area contributed by atoms with Gasteiger partial charge in [-0.2, -0.15) is 0 Å². The highest BCUT2D eigenvalue weighted by molar-refractivity contribution is 6.58. The average molecular weight is 393 g/mol. The zero-order valence-corrected chi connectivity index (χ0v) is 17.9. The molecule has 0 radical (unpaired) electrons. The van der Waals surface area contributed by atoms with Crippen molar-refractivity contribution >= 4 is 20.4 Å². The highest BCUT2D eigenvalue weighted by Gasteiger charge is 2.36. The topological polar surface area (TPSA) is 58.4 Å². The lowest BCUT2D eigenvalue weighted by atomic mass is 9.88. The Hall–Kier alpha value is -2.11. The van der Waals surface area contributed by atoms with Crippen LogP contribution in [0.4, 0.5) is 5.69 Å². The second-order valence-corrected chi connectivity index (χ2v) is 11.2. The lowest BCUT2D eigenvalue weighted by Crippen LogP contribution is -2.38. The van der Waals surface area contributed by atoms with E-state index >= 15 is 0 Å². The van der Waals surface area contributed by atoms with Gasteiger partial charge in [-0.3, -0.25) is 4.79 Å². The summed E-state index contributed by atoms with van der Waals surface area (Å²) >= 11 is 0. The molecule has 2 aliphatic rings. The van der Waals surface area contributed by atoms with Crippen LogP contribution in [0.3, 0.4) is 0 Å². The fourth-order valence-corrected chi connectivity index (χ4v) is 5.93. The van der Waals surface area contributed by atoms with Crippen molar-refractivity contribution in [2.45, 2.75) is 43.9 Å². The second kappa shape index (κ2) is 8.09. The van der Waals surface area contributed by atoms with E-state index in [1.54, 1.807) is 0 Å². The van der Waals surface area contributed by atoms with Crippen LogP contribution >= 0.6 is 0 Å². The van der Waals surface area contributed by atoms with Gasteiger partial charge in [-0.05, 0) is 48.1 Å². The predicted octanol–water partition coefficient (Wildman–Crippen LogP) is 3.97. The van der Waals surface area contributed by atoms with Gasteiger partial charge in [0.25, 0.3) is 5.91 Å². The molecular weight excluding hydrogens is 362 g/mol. The first-order valence-electron chi connectivity index (χ1n) is 10.3. The number of fused-ring (bicyclic) bond motifs is 1. The average Bonchev–Trinajstić information content (AvgIpc) is 3.17. The third-order valence-corrected chi connectivity index (χ3v) is 8.22. The van der Waals surface area contributed by atoms with Crippen LogP contribution in [0.1, 0.15) is 51.3 Å². The molecule has 28 heavy (non-hydrogen) atoms. The summed E-state index contributed by atoms with van der Waals surface area (Å²) < 4.78 is 0. The lowest BCUT2D eigenvalue weighted by Gasteiger charge is -2.32. The number of carbonyl (C=O) groups excluding carboxylic acids is 1. The van der Waals surface area contributed by atoms with Crippen molar-refractivity contribution in [1.82, 2.24) is 4.90 Å². The summed E-state index contributed by atoms with van der Waals surface area (Å²) in [7, 11) is -0.430. The molecule has 3 N–H and O–H groups in total. The van der Waals surface area contributed by atoms with Crippen LogP contribution in [0.25, 0.3) is 0 Å². The quantitative estimate of drug-likeness (QED) is 0.774. The van der Waals surface area contributed by atoms with E-state index < -0.39 is 8.80 Å². The molecule has 0 spiro atoms. The molecule has 1 saturated heterocycles. The fraction of sp³-hybridized carbons (Fsp3) is 0.435. The Labute approximate surface area is 169 Å². The summed E-state index contributed by atoms with van der Waals surface area (Å²) in [5.41, 5.74) is 12.3. The number of nitrogens with one attached hydrogen (secondary N) is 1. The van der Waals surface area contributed by atoms with Crippen molar-refractivity contribution in [1.29, 1.82) is 0 Å². The van der Waals surface area contributed by atoms with Crippen molar-refractivity contribution in [2.24, 2.45) is 5.73 Å². The molecule has 1 unspecified atom stereocenters. The minimum absolute atomic E-state index is 0.184. The zero-order chi connectivity index (χ0) is 19.7. The first kappa shape index (κ1) is 19.2. The van der Waals surface area contributed by atoms with E-state index in [2.05, 4.69) is 54.8 Å². The number of hydrogen-bond donors (Lipinski definition) is 2. The largest absolute Gasteiger partial charge is 0.381 e. The first-order chi connectivity index (χ1) is 13.6. The maximum absolute atomic E-state index is 13.1. The highest BCUT2D eigenvalue weighted by atomic mass is 28.3. The Balaban J connectivity index is 1.44. The molecule has 2 aromatic rings. The zero-order valence-electron chi connectivity index (χ0n) is 16.9. The number of nitrogens with zero attached hydrogens (tertiary/aromatic N) is 1. The number of piperidine rings is 1. The molecule has 0 saturated carbocycles. The summed E-state index contributed by atoms with van der Waals surface area (Å²) in [6, 6.07) is 14.8. The summed E-state index contributed by atoms with van der Waals surface area (Å²) in [5, 5.41) is 3.50. The number of carbonyl (C=O) groups is 1. The third kappa shape index (κ3) is 3.73. The Morgan fingerprint density at radius 2 is 1.96 bits per heavy atom. The molecule has 4 rings (SSSR count).